The van der Waals surface area contributed by atoms with Crippen LogP contribution in [0.2, 0.25) is 0 Å². The highest BCUT2D eigenvalue weighted by molar-refractivity contribution is 7.91. The molecule has 20 heteroatoms. The van der Waals surface area contributed by atoms with Gasteiger partial charge in [0.1, 0.15) is 4.90 Å². The van der Waals surface area contributed by atoms with E-state index >= 15 is 0 Å². The molecule has 2 N–H and O–H groups in total. The third-order valence-corrected chi connectivity index (χ3v) is 10.9. The molecule has 0 aliphatic rings. The molecule has 6 aromatic rings. The number of hydrogen-bond acceptors (Lipinski definition) is 15. The molecule has 6 rings (SSSR count). The molecule has 0 aliphatic carbocycles. The van der Waals surface area contributed by atoms with E-state index in [1.807, 2.05) is 0 Å². The summed E-state index contributed by atoms with van der Waals surface area (Å²) in [6.07, 6.45) is 9.63. The number of carbonyl (C=O) groups excluding carboxylic acids is 2. The number of rotatable bonds is 11. The second-order valence-electron chi connectivity index (χ2n) is 11.1. The molecule has 0 spiro atoms. The van der Waals surface area contributed by atoms with Gasteiger partial charge in [0.05, 0.1) is 75.1 Å². The molecule has 0 radical (unpaired) electrons. The van der Waals surface area contributed by atoms with Crippen LogP contribution in [0.25, 0.3) is 11.4 Å². The summed E-state index contributed by atoms with van der Waals surface area (Å²) < 4.78 is 63.0. The summed E-state index contributed by atoms with van der Waals surface area (Å²) in [5, 5.41) is 19.8. The summed E-state index contributed by atoms with van der Waals surface area (Å²) >= 11 is 0. The molecular weight excluding hydrogens is 745 g/mol. The normalized spacial score (nSPS) is 11.2. The van der Waals surface area contributed by atoms with Crippen LogP contribution in [0.4, 0.5) is 11.4 Å². The Balaban J connectivity index is 0.000000208. The Morgan fingerprint density at radius 3 is 1.54 bits per heavy atom. The first-order valence-corrected chi connectivity index (χ1v) is 18.7. The lowest BCUT2D eigenvalue weighted by molar-refractivity contribution is -0.387. The van der Waals surface area contributed by atoms with Crippen molar-refractivity contribution in [3.8, 4) is 11.4 Å². The lowest BCUT2D eigenvalue weighted by Gasteiger charge is -2.08. The van der Waals surface area contributed by atoms with Crippen molar-refractivity contribution in [2.24, 2.45) is 0 Å². The highest BCUT2D eigenvalue weighted by Crippen LogP contribution is 2.28. The average Bonchev–Trinajstić information content (AvgIpc) is 3.84. The van der Waals surface area contributed by atoms with E-state index in [0.29, 0.717) is 11.4 Å². The van der Waals surface area contributed by atoms with E-state index < -0.39 is 52.9 Å². The smallest absolute Gasteiger partial charge is 0.338 e. The van der Waals surface area contributed by atoms with Gasteiger partial charge in [-0.1, -0.05) is 0 Å². The van der Waals surface area contributed by atoms with Crippen LogP contribution >= 0.6 is 0 Å². The van der Waals surface area contributed by atoms with E-state index in [-0.39, 0.29) is 33.2 Å². The number of aromatic nitrogens is 6. The number of nitrogens with zero attached hydrogens (tertiary/aromatic N) is 7. The first kappa shape index (κ1) is 38.4. The monoisotopic (exact) mass is 774 g/mol. The third kappa shape index (κ3) is 8.97. The number of nitrogens with two attached hydrogens (primary N) is 1. The maximum absolute atomic E-state index is 12.7. The van der Waals surface area contributed by atoms with Crippen molar-refractivity contribution < 1.29 is 40.8 Å². The number of hydrogen-bond donors (Lipinski definition) is 1. The lowest BCUT2D eigenvalue weighted by Crippen LogP contribution is -2.10. The van der Waals surface area contributed by atoms with Gasteiger partial charge in [-0.05, 0) is 66.7 Å². The second-order valence-corrected chi connectivity index (χ2v) is 15.0. The summed E-state index contributed by atoms with van der Waals surface area (Å²) in [6.45, 7) is 0. The van der Waals surface area contributed by atoms with E-state index in [4.69, 9.17) is 5.73 Å². The largest absolute Gasteiger partial charge is 0.465 e. The molecule has 0 saturated carbocycles. The van der Waals surface area contributed by atoms with Gasteiger partial charge in [0, 0.05) is 43.2 Å². The van der Waals surface area contributed by atoms with E-state index in [1.165, 1.54) is 42.1 Å². The van der Waals surface area contributed by atoms with Gasteiger partial charge in [0.15, 0.2) is 19.7 Å². The van der Waals surface area contributed by atoms with Crippen molar-refractivity contribution in [3.05, 3.63) is 143 Å². The molecule has 4 aromatic heterocycles. The minimum atomic E-state index is -4.09. The van der Waals surface area contributed by atoms with E-state index in [2.05, 4.69) is 29.6 Å². The van der Waals surface area contributed by atoms with Gasteiger partial charge in [-0.25, -0.2) is 35.8 Å². The highest BCUT2D eigenvalue weighted by atomic mass is 32.2. The van der Waals surface area contributed by atoms with Gasteiger partial charge in [-0.15, -0.1) is 0 Å². The molecule has 0 fully saturated rings. The predicted molar refractivity (Wildman–Crippen MR) is 191 cm³/mol. The zero-order valence-corrected chi connectivity index (χ0v) is 30.0. The van der Waals surface area contributed by atoms with Gasteiger partial charge in [0.25, 0.3) is 5.69 Å². The van der Waals surface area contributed by atoms with Gasteiger partial charge >= 0.3 is 11.9 Å². The highest BCUT2D eigenvalue weighted by Gasteiger charge is 2.28. The molecule has 54 heavy (non-hydrogen) atoms. The molecule has 0 bridgehead atoms. The Kier molecular flexibility index (Phi) is 11.6. The van der Waals surface area contributed by atoms with Crippen molar-refractivity contribution in [1.29, 1.82) is 0 Å². The average molecular weight is 775 g/mol. The Morgan fingerprint density at radius 1 is 0.685 bits per heavy atom. The van der Waals surface area contributed by atoms with Crippen molar-refractivity contribution in [2.45, 2.75) is 21.3 Å². The summed E-state index contributed by atoms with van der Waals surface area (Å²) in [7, 11) is -5.45. The Labute approximate surface area is 307 Å². The van der Waals surface area contributed by atoms with Gasteiger partial charge in [-0.2, -0.15) is 10.2 Å². The number of pyridine rings is 2. The minimum absolute atomic E-state index is 0.0125. The molecule has 0 amide bonds. The van der Waals surface area contributed by atoms with E-state index in [0.717, 1.165) is 24.9 Å². The molecule has 0 saturated heterocycles. The summed E-state index contributed by atoms with van der Waals surface area (Å²) in [4.78, 5) is 40.8. The number of nitrogen functional groups attached to an aromatic ring is 1. The van der Waals surface area contributed by atoms with Crippen LogP contribution in [0, 0.1) is 10.1 Å². The zero-order chi connectivity index (χ0) is 39.0. The van der Waals surface area contributed by atoms with E-state index in [1.54, 1.807) is 72.2 Å². The molecule has 278 valence electrons. The first-order valence-electron chi connectivity index (χ1n) is 15.4. The molecule has 4 heterocycles. The number of benzene rings is 2. The van der Waals surface area contributed by atoms with Gasteiger partial charge < -0.3 is 15.2 Å². The minimum Gasteiger partial charge on any atom is -0.465 e. The number of methoxy groups -OCH3 is 2. The van der Waals surface area contributed by atoms with Crippen molar-refractivity contribution >= 4 is 43.0 Å². The first-order chi connectivity index (χ1) is 25.7. The number of sulfone groups is 2. The fourth-order valence-corrected chi connectivity index (χ4v) is 7.77. The number of nitro groups is 1. The third-order valence-electron chi connectivity index (χ3n) is 7.50. The van der Waals surface area contributed by atoms with Crippen molar-refractivity contribution in [2.75, 3.05) is 20.0 Å². The second kappa shape index (κ2) is 16.3. The molecule has 2 aromatic carbocycles. The number of nitro benzene ring substituents is 1. The number of carbonyl (C=O) groups is 2. The molecule has 0 unspecified atom stereocenters. The van der Waals surface area contributed by atoms with Crippen LogP contribution in [-0.4, -0.2) is 77.4 Å². The van der Waals surface area contributed by atoms with Crippen molar-refractivity contribution in [3.63, 3.8) is 0 Å². The Hall–Kier alpha value is -6.80. The fraction of sp³-hybridized carbons (Fsp3) is 0.118. The van der Waals surface area contributed by atoms with Gasteiger partial charge in [0.2, 0.25) is 0 Å². The van der Waals surface area contributed by atoms with Crippen LogP contribution in [0.3, 0.4) is 0 Å². The fourth-order valence-electron chi connectivity index (χ4n) is 4.95. The van der Waals surface area contributed by atoms with Crippen LogP contribution in [0.5, 0.6) is 0 Å². The van der Waals surface area contributed by atoms with Crippen LogP contribution < -0.4 is 5.73 Å². The molecule has 0 aliphatic heterocycles. The van der Waals surface area contributed by atoms with Crippen molar-refractivity contribution in [1.82, 2.24) is 29.5 Å². The van der Waals surface area contributed by atoms with Crippen LogP contribution in [0.15, 0.2) is 120 Å². The molecule has 0 atom stereocenters. The lowest BCUT2D eigenvalue weighted by atomic mass is 10.2. The van der Waals surface area contributed by atoms with E-state index in [9.17, 15) is 36.5 Å². The van der Waals surface area contributed by atoms with Gasteiger partial charge in [-0.3, -0.25) is 20.1 Å². The number of anilines is 1. The Morgan fingerprint density at radius 2 is 1.11 bits per heavy atom. The standard InChI is InChI=1S/C17H14N4O6S.C17H16N4O4S/c1-27-17(22)12-2-3-16(15(10-12)21(23)24)28(25,26)11-13-6-9-20(19-13)14-4-7-18-8-5-14;1-25-17(22)12-2-3-16(15(18)10-12)26(23,24)11-13-6-9-21(20-13)14-4-7-19-8-5-14/h2-10H,11H2,1H3;2-10H,11,18H2,1H3. The SMILES string of the molecule is COC(=O)c1ccc(S(=O)(=O)Cc2ccn(-c3ccncc3)n2)c(N)c1.COC(=O)c1ccc(S(=O)(=O)Cc2ccn(-c3ccncc3)n2)c([N+](=O)[O-])c1. The maximum atomic E-state index is 12.7. The number of ether oxygens (including phenoxy) is 2. The predicted octanol–water partition coefficient (Wildman–Crippen LogP) is 3.55. The molecule has 18 nitrogen and oxygen atoms in total. The summed E-state index contributed by atoms with van der Waals surface area (Å²) in [5.41, 5.74) is 7.23. The van der Waals surface area contributed by atoms with Crippen LogP contribution in [0.1, 0.15) is 32.1 Å². The maximum Gasteiger partial charge on any atom is 0.338 e. The quantitative estimate of drug-likeness (QED) is 0.0855. The summed E-state index contributed by atoms with van der Waals surface area (Å²) in [6, 6.07) is 17.1. The molecular formula is C34H30N8O10S2. The number of esters is 2. The summed E-state index contributed by atoms with van der Waals surface area (Å²) in [5.74, 6) is -2.24. The Bertz CT molecular complexity index is 2540. The topological polar surface area (TPSA) is 251 Å². The van der Waals surface area contributed by atoms with Crippen LogP contribution in [-0.2, 0) is 40.7 Å². The zero-order valence-electron chi connectivity index (χ0n) is 28.4.